The van der Waals surface area contributed by atoms with E-state index in [9.17, 15) is 18.0 Å². The molecule has 3 atom stereocenters. The largest absolute Gasteiger partial charge is 0.353 e. The fourth-order valence-electron chi connectivity index (χ4n) is 6.72. The number of nitrogens with one attached hydrogen (secondary N) is 1. The SMILES string of the molecule is CCN(C(=O)C1CCC(NC(=O)CC2CCC(S(=O)(=O)CC3CC3)CC2)CC1F)C1CCCCC1. The average Bonchev–Trinajstić information content (AvgIpc) is 3.64. The lowest BCUT2D eigenvalue weighted by atomic mass is 9.82. The van der Waals surface area contributed by atoms with Crippen LogP contribution in [0.5, 0.6) is 0 Å². The highest BCUT2D eigenvalue weighted by atomic mass is 32.2. The molecule has 4 aliphatic carbocycles. The first-order valence-electron chi connectivity index (χ1n) is 14.2. The molecule has 4 rings (SSSR count). The summed E-state index contributed by atoms with van der Waals surface area (Å²) in [6.07, 6.45) is 11.0. The van der Waals surface area contributed by atoms with Crippen molar-refractivity contribution in [2.24, 2.45) is 17.8 Å². The molecule has 6 nitrogen and oxygen atoms in total. The van der Waals surface area contributed by atoms with Gasteiger partial charge in [-0.2, -0.15) is 0 Å². The molecular weight excluding hydrogens is 467 g/mol. The first kappa shape index (κ1) is 26.9. The van der Waals surface area contributed by atoms with Crippen LogP contribution >= 0.6 is 0 Å². The minimum absolute atomic E-state index is 0.0370. The third-order valence-electron chi connectivity index (χ3n) is 9.03. The number of halogens is 1. The van der Waals surface area contributed by atoms with Crippen LogP contribution in [0.1, 0.15) is 103 Å². The van der Waals surface area contributed by atoms with Gasteiger partial charge in [0.15, 0.2) is 9.84 Å². The van der Waals surface area contributed by atoms with E-state index < -0.39 is 21.9 Å². The normalized spacial score (nSPS) is 32.7. The molecule has 35 heavy (non-hydrogen) atoms. The van der Waals surface area contributed by atoms with E-state index in [1.54, 1.807) is 0 Å². The Morgan fingerprint density at radius 2 is 1.54 bits per heavy atom. The van der Waals surface area contributed by atoms with Crippen LogP contribution in [0.3, 0.4) is 0 Å². The van der Waals surface area contributed by atoms with E-state index in [1.165, 1.54) is 6.42 Å². The van der Waals surface area contributed by atoms with E-state index >= 15 is 4.39 Å². The Kier molecular flexibility index (Phi) is 9.14. The Balaban J connectivity index is 1.19. The molecule has 4 aliphatic rings. The standard InChI is InChI=1S/C27H45FN2O4S/c1-2-30(22-6-4-3-5-7-22)27(32)24-15-12-21(17-25(24)28)29-26(31)16-19-10-13-23(14-11-19)35(33,34)18-20-8-9-20/h19-25H,2-18H2,1H3,(H,29,31). The van der Waals surface area contributed by atoms with Crippen molar-refractivity contribution in [3.63, 3.8) is 0 Å². The van der Waals surface area contributed by atoms with Crippen LogP contribution < -0.4 is 5.32 Å². The summed E-state index contributed by atoms with van der Waals surface area (Å²) in [5.74, 6) is 0.243. The summed E-state index contributed by atoms with van der Waals surface area (Å²) in [7, 11) is -3.00. The number of rotatable bonds is 9. The number of nitrogens with zero attached hydrogens (tertiary/aromatic N) is 1. The summed E-state index contributed by atoms with van der Waals surface area (Å²) >= 11 is 0. The van der Waals surface area contributed by atoms with Gasteiger partial charge in [0.1, 0.15) is 6.17 Å². The fourth-order valence-corrected chi connectivity index (χ4v) is 8.97. The summed E-state index contributed by atoms with van der Waals surface area (Å²) in [5.41, 5.74) is 0. The molecule has 0 aromatic heterocycles. The lowest BCUT2D eigenvalue weighted by molar-refractivity contribution is -0.142. The number of carbonyl (C=O) groups is 2. The third kappa shape index (κ3) is 7.20. The van der Waals surface area contributed by atoms with E-state index in [4.69, 9.17) is 0 Å². The Labute approximate surface area is 211 Å². The second kappa shape index (κ2) is 11.9. The minimum Gasteiger partial charge on any atom is -0.353 e. The van der Waals surface area contributed by atoms with E-state index in [0.29, 0.717) is 50.3 Å². The van der Waals surface area contributed by atoms with Gasteiger partial charge in [0.2, 0.25) is 11.8 Å². The summed E-state index contributed by atoms with van der Waals surface area (Å²) < 4.78 is 40.2. The molecule has 0 heterocycles. The van der Waals surface area contributed by atoms with Gasteiger partial charge in [-0.05, 0) is 89.4 Å². The Bertz CT molecular complexity index is 832. The molecule has 0 saturated heterocycles. The Morgan fingerprint density at radius 3 is 2.14 bits per heavy atom. The van der Waals surface area contributed by atoms with E-state index in [-0.39, 0.29) is 41.5 Å². The summed E-state index contributed by atoms with van der Waals surface area (Å²) in [5, 5.41) is 2.78. The summed E-state index contributed by atoms with van der Waals surface area (Å²) in [6.45, 7) is 2.62. The molecule has 200 valence electrons. The molecule has 0 aromatic rings. The van der Waals surface area contributed by atoms with Crippen LogP contribution in [0, 0.1) is 17.8 Å². The highest BCUT2D eigenvalue weighted by Crippen LogP contribution is 2.36. The van der Waals surface area contributed by atoms with Crippen molar-refractivity contribution in [2.75, 3.05) is 12.3 Å². The van der Waals surface area contributed by atoms with Gasteiger partial charge in [0.05, 0.1) is 16.9 Å². The zero-order chi connectivity index (χ0) is 25.0. The first-order chi connectivity index (χ1) is 16.8. The summed E-state index contributed by atoms with van der Waals surface area (Å²) in [6, 6.07) is 0.0335. The first-order valence-corrected chi connectivity index (χ1v) is 15.9. The number of sulfone groups is 1. The number of hydrogen-bond acceptors (Lipinski definition) is 4. The molecule has 8 heteroatoms. The van der Waals surface area contributed by atoms with Crippen molar-refractivity contribution >= 4 is 21.7 Å². The predicted octanol–water partition coefficient (Wildman–Crippen LogP) is 4.56. The smallest absolute Gasteiger partial charge is 0.228 e. The third-order valence-corrected chi connectivity index (χ3v) is 11.5. The maximum absolute atomic E-state index is 15.1. The van der Waals surface area contributed by atoms with Crippen molar-refractivity contribution in [3.05, 3.63) is 0 Å². The van der Waals surface area contributed by atoms with Gasteiger partial charge >= 0.3 is 0 Å². The highest BCUT2D eigenvalue weighted by molar-refractivity contribution is 7.92. The molecule has 4 saturated carbocycles. The fraction of sp³-hybridized carbons (Fsp3) is 0.926. The van der Waals surface area contributed by atoms with E-state index in [1.807, 2.05) is 11.8 Å². The van der Waals surface area contributed by atoms with Gasteiger partial charge in [-0.3, -0.25) is 9.59 Å². The van der Waals surface area contributed by atoms with Crippen molar-refractivity contribution in [1.82, 2.24) is 10.2 Å². The van der Waals surface area contributed by atoms with Gasteiger partial charge in [-0.25, -0.2) is 12.8 Å². The molecule has 2 amide bonds. The maximum Gasteiger partial charge on any atom is 0.228 e. The number of hydrogen-bond donors (Lipinski definition) is 1. The second-order valence-corrected chi connectivity index (χ2v) is 14.1. The van der Waals surface area contributed by atoms with Gasteiger partial charge < -0.3 is 10.2 Å². The lowest BCUT2D eigenvalue weighted by Crippen LogP contribution is -2.50. The van der Waals surface area contributed by atoms with Crippen LogP contribution in [0.4, 0.5) is 4.39 Å². The van der Waals surface area contributed by atoms with Gasteiger partial charge in [-0.15, -0.1) is 0 Å². The van der Waals surface area contributed by atoms with Gasteiger partial charge in [0.25, 0.3) is 0 Å². The molecule has 0 spiro atoms. The van der Waals surface area contributed by atoms with E-state index in [2.05, 4.69) is 5.32 Å². The number of carbonyl (C=O) groups excluding carboxylic acids is 2. The second-order valence-electron chi connectivity index (χ2n) is 11.7. The average molecular weight is 513 g/mol. The van der Waals surface area contributed by atoms with Crippen molar-refractivity contribution in [1.29, 1.82) is 0 Å². The Morgan fingerprint density at radius 1 is 0.886 bits per heavy atom. The summed E-state index contributed by atoms with van der Waals surface area (Å²) in [4.78, 5) is 27.7. The quantitative estimate of drug-likeness (QED) is 0.491. The molecule has 0 aliphatic heterocycles. The van der Waals surface area contributed by atoms with Crippen molar-refractivity contribution < 1.29 is 22.4 Å². The van der Waals surface area contributed by atoms with Gasteiger partial charge in [-0.1, -0.05) is 19.3 Å². The molecule has 0 bridgehead atoms. The van der Waals surface area contributed by atoms with Crippen LogP contribution in [-0.2, 0) is 19.4 Å². The predicted molar refractivity (Wildman–Crippen MR) is 135 cm³/mol. The monoisotopic (exact) mass is 512 g/mol. The molecular formula is C27H45FN2O4S. The zero-order valence-corrected chi connectivity index (χ0v) is 22.2. The topological polar surface area (TPSA) is 83.6 Å². The zero-order valence-electron chi connectivity index (χ0n) is 21.4. The molecule has 4 fully saturated rings. The van der Waals surface area contributed by atoms with Crippen LogP contribution in [0.2, 0.25) is 0 Å². The van der Waals surface area contributed by atoms with Crippen LogP contribution in [0.25, 0.3) is 0 Å². The lowest BCUT2D eigenvalue weighted by Gasteiger charge is -2.39. The van der Waals surface area contributed by atoms with Crippen molar-refractivity contribution in [3.8, 4) is 0 Å². The van der Waals surface area contributed by atoms with Crippen LogP contribution in [0.15, 0.2) is 0 Å². The number of alkyl halides is 1. The van der Waals surface area contributed by atoms with E-state index in [0.717, 1.165) is 51.4 Å². The molecule has 3 unspecified atom stereocenters. The van der Waals surface area contributed by atoms with Crippen molar-refractivity contribution in [2.45, 2.75) is 127 Å². The highest BCUT2D eigenvalue weighted by Gasteiger charge is 2.40. The van der Waals surface area contributed by atoms with Crippen LogP contribution in [-0.4, -0.2) is 60.9 Å². The minimum atomic E-state index is -3.00. The molecule has 0 radical (unpaired) electrons. The maximum atomic E-state index is 15.1. The molecule has 0 aromatic carbocycles. The van der Waals surface area contributed by atoms with Gasteiger partial charge in [0, 0.05) is 25.0 Å². The Hall–Kier alpha value is -1.18. The molecule has 1 N–H and O–H groups in total. The number of amides is 2.